The third-order valence-corrected chi connectivity index (χ3v) is 3.46. The lowest BCUT2D eigenvalue weighted by molar-refractivity contribution is -0.141. The minimum atomic E-state index is -0.811. The fraction of sp³-hybridized carbons (Fsp3) is 0.429. The Hall–Kier alpha value is -2.11. The molecule has 1 saturated carbocycles. The first-order chi connectivity index (χ1) is 9.54. The van der Waals surface area contributed by atoms with Gasteiger partial charge in [0.05, 0.1) is 5.92 Å². The zero-order chi connectivity index (χ0) is 14.5. The SMILES string of the molecule is O=C(NCc1cccc(F)c1)NC1CCC(C(=O)O)C1. The molecule has 108 valence electrons. The van der Waals surface area contributed by atoms with Crippen molar-refractivity contribution < 1.29 is 19.1 Å². The average molecular weight is 280 g/mol. The second-order valence-corrected chi connectivity index (χ2v) is 5.00. The number of carbonyl (C=O) groups is 2. The number of aliphatic carboxylic acids is 1. The van der Waals surface area contributed by atoms with Crippen LogP contribution in [0.5, 0.6) is 0 Å². The van der Waals surface area contributed by atoms with Crippen molar-refractivity contribution in [1.82, 2.24) is 10.6 Å². The van der Waals surface area contributed by atoms with E-state index in [9.17, 15) is 14.0 Å². The van der Waals surface area contributed by atoms with Crippen LogP contribution in [0.1, 0.15) is 24.8 Å². The predicted octanol–water partition coefficient (Wildman–Crippen LogP) is 1.88. The maximum absolute atomic E-state index is 13.0. The van der Waals surface area contributed by atoms with E-state index >= 15 is 0 Å². The summed E-state index contributed by atoms with van der Waals surface area (Å²) in [6, 6.07) is 5.54. The molecule has 2 amide bonds. The smallest absolute Gasteiger partial charge is 0.315 e. The second kappa shape index (κ2) is 6.36. The molecule has 0 spiro atoms. The standard InChI is InChI=1S/C14H17FN2O3/c15-11-3-1-2-9(6-11)8-16-14(20)17-12-5-4-10(7-12)13(18)19/h1-3,6,10,12H,4-5,7-8H2,(H,18,19)(H2,16,17,20). The van der Waals surface area contributed by atoms with E-state index in [1.807, 2.05) is 0 Å². The van der Waals surface area contributed by atoms with Gasteiger partial charge >= 0.3 is 12.0 Å². The van der Waals surface area contributed by atoms with Crippen molar-refractivity contribution in [3.8, 4) is 0 Å². The van der Waals surface area contributed by atoms with Crippen LogP contribution in [0.3, 0.4) is 0 Å². The number of amides is 2. The number of carboxylic acid groups (broad SMARTS) is 1. The third kappa shape index (κ3) is 3.94. The molecule has 2 unspecified atom stereocenters. The highest BCUT2D eigenvalue weighted by Gasteiger charge is 2.30. The molecule has 1 aromatic carbocycles. The number of hydrogen-bond donors (Lipinski definition) is 3. The molecule has 1 aliphatic carbocycles. The number of nitrogens with one attached hydrogen (secondary N) is 2. The van der Waals surface area contributed by atoms with Gasteiger partial charge in [-0.15, -0.1) is 0 Å². The van der Waals surface area contributed by atoms with Crippen LogP contribution in [0, 0.1) is 11.7 Å². The molecule has 0 heterocycles. The number of halogens is 1. The fourth-order valence-electron chi connectivity index (χ4n) is 2.40. The number of carbonyl (C=O) groups excluding carboxylic acids is 1. The summed E-state index contributed by atoms with van der Waals surface area (Å²) in [6.45, 7) is 0.235. The van der Waals surface area contributed by atoms with E-state index in [1.165, 1.54) is 12.1 Å². The molecule has 2 atom stereocenters. The number of carboxylic acids is 1. The molecule has 6 heteroatoms. The topological polar surface area (TPSA) is 78.4 Å². The monoisotopic (exact) mass is 280 g/mol. The van der Waals surface area contributed by atoms with Crippen LogP contribution in [-0.4, -0.2) is 23.1 Å². The van der Waals surface area contributed by atoms with Gasteiger partial charge in [-0.1, -0.05) is 12.1 Å². The van der Waals surface area contributed by atoms with E-state index in [2.05, 4.69) is 10.6 Å². The van der Waals surface area contributed by atoms with Gasteiger partial charge in [0.1, 0.15) is 5.82 Å². The first-order valence-corrected chi connectivity index (χ1v) is 6.56. The van der Waals surface area contributed by atoms with E-state index in [0.29, 0.717) is 24.8 Å². The fourth-order valence-corrected chi connectivity index (χ4v) is 2.40. The highest BCUT2D eigenvalue weighted by atomic mass is 19.1. The number of benzene rings is 1. The third-order valence-electron chi connectivity index (χ3n) is 3.46. The van der Waals surface area contributed by atoms with Gasteiger partial charge in [-0.05, 0) is 37.0 Å². The van der Waals surface area contributed by atoms with E-state index in [0.717, 1.165) is 0 Å². The predicted molar refractivity (Wildman–Crippen MR) is 70.5 cm³/mol. The summed E-state index contributed by atoms with van der Waals surface area (Å²) in [6.07, 6.45) is 1.72. The van der Waals surface area contributed by atoms with Gasteiger partial charge in [0.15, 0.2) is 0 Å². The summed E-state index contributed by atoms with van der Waals surface area (Å²) in [7, 11) is 0. The van der Waals surface area contributed by atoms with Crippen LogP contribution in [0.15, 0.2) is 24.3 Å². The lowest BCUT2D eigenvalue weighted by Crippen LogP contribution is -2.40. The van der Waals surface area contributed by atoms with Crippen LogP contribution in [0.2, 0.25) is 0 Å². The van der Waals surface area contributed by atoms with Gasteiger partial charge in [0, 0.05) is 12.6 Å². The lowest BCUT2D eigenvalue weighted by Gasteiger charge is -2.13. The molecular formula is C14H17FN2O3. The molecule has 0 aromatic heterocycles. The van der Waals surface area contributed by atoms with Crippen molar-refractivity contribution in [3.63, 3.8) is 0 Å². The molecule has 0 aliphatic heterocycles. The largest absolute Gasteiger partial charge is 0.481 e. The molecule has 0 bridgehead atoms. The van der Waals surface area contributed by atoms with Crippen LogP contribution in [-0.2, 0) is 11.3 Å². The Kier molecular flexibility index (Phi) is 4.55. The van der Waals surface area contributed by atoms with Gasteiger partial charge < -0.3 is 15.7 Å². The molecule has 3 N–H and O–H groups in total. The summed E-state index contributed by atoms with van der Waals surface area (Å²) in [5.41, 5.74) is 0.676. The Balaban J connectivity index is 1.75. The Morgan fingerprint density at radius 1 is 1.35 bits per heavy atom. The van der Waals surface area contributed by atoms with Crippen molar-refractivity contribution in [2.24, 2.45) is 5.92 Å². The molecule has 0 saturated heterocycles. The first kappa shape index (κ1) is 14.3. The highest BCUT2D eigenvalue weighted by molar-refractivity contribution is 5.75. The lowest BCUT2D eigenvalue weighted by atomic mass is 10.1. The van der Waals surface area contributed by atoms with Gasteiger partial charge in [-0.25, -0.2) is 9.18 Å². The van der Waals surface area contributed by atoms with Crippen molar-refractivity contribution >= 4 is 12.0 Å². The van der Waals surface area contributed by atoms with Gasteiger partial charge in [0.2, 0.25) is 0 Å². The molecular weight excluding hydrogens is 263 g/mol. The molecule has 2 rings (SSSR count). The summed E-state index contributed by atoms with van der Waals surface area (Å²) in [5, 5.41) is 14.3. The zero-order valence-electron chi connectivity index (χ0n) is 10.9. The van der Waals surface area contributed by atoms with E-state index < -0.39 is 5.97 Å². The van der Waals surface area contributed by atoms with Gasteiger partial charge in [-0.3, -0.25) is 4.79 Å². The van der Waals surface area contributed by atoms with Crippen molar-refractivity contribution in [2.45, 2.75) is 31.8 Å². The van der Waals surface area contributed by atoms with Crippen LogP contribution in [0.25, 0.3) is 0 Å². The van der Waals surface area contributed by atoms with E-state index in [1.54, 1.807) is 12.1 Å². The quantitative estimate of drug-likeness (QED) is 0.788. The number of urea groups is 1. The second-order valence-electron chi connectivity index (χ2n) is 5.00. The average Bonchev–Trinajstić information content (AvgIpc) is 2.85. The van der Waals surface area contributed by atoms with Crippen molar-refractivity contribution in [1.29, 1.82) is 0 Å². The van der Waals surface area contributed by atoms with Crippen molar-refractivity contribution in [3.05, 3.63) is 35.6 Å². The maximum atomic E-state index is 13.0. The minimum Gasteiger partial charge on any atom is -0.481 e. The normalized spacial score (nSPS) is 21.4. The molecule has 1 fully saturated rings. The Morgan fingerprint density at radius 2 is 2.15 bits per heavy atom. The van der Waals surface area contributed by atoms with E-state index in [4.69, 9.17) is 5.11 Å². The minimum absolute atomic E-state index is 0.108. The molecule has 1 aliphatic rings. The van der Waals surface area contributed by atoms with Crippen LogP contribution < -0.4 is 10.6 Å². The Morgan fingerprint density at radius 3 is 2.80 bits per heavy atom. The summed E-state index contributed by atoms with van der Waals surface area (Å²) in [5.74, 6) is -1.53. The summed E-state index contributed by atoms with van der Waals surface area (Å²) < 4.78 is 13.0. The summed E-state index contributed by atoms with van der Waals surface area (Å²) in [4.78, 5) is 22.5. The molecule has 1 aromatic rings. The Labute approximate surface area is 116 Å². The number of rotatable bonds is 4. The zero-order valence-corrected chi connectivity index (χ0v) is 10.9. The maximum Gasteiger partial charge on any atom is 0.315 e. The highest BCUT2D eigenvalue weighted by Crippen LogP contribution is 2.25. The van der Waals surface area contributed by atoms with E-state index in [-0.39, 0.29) is 30.4 Å². The molecule has 20 heavy (non-hydrogen) atoms. The number of hydrogen-bond acceptors (Lipinski definition) is 2. The Bertz CT molecular complexity index is 507. The molecule has 0 radical (unpaired) electrons. The van der Waals surface area contributed by atoms with Gasteiger partial charge in [0.25, 0.3) is 0 Å². The van der Waals surface area contributed by atoms with Crippen LogP contribution >= 0.6 is 0 Å². The molecule has 5 nitrogen and oxygen atoms in total. The van der Waals surface area contributed by atoms with Crippen LogP contribution in [0.4, 0.5) is 9.18 Å². The van der Waals surface area contributed by atoms with Gasteiger partial charge in [-0.2, -0.15) is 0 Å². The summed E-state index contributed by atoms with van der Waals surface area (Å²) >= 11 is 0. The van der Waals surface area contributed by atoms with Crippen molar-refractivity contribution in [2.75, 3.05) is 0 Å². The first-order valence-electron chi connectivity index (χ1n) is 6.56.